The fourth-order valence-electron chi connectivity index (χ4n) is 7.78. The van der Waals surface area contributed by atoms with Crippen molar-refractivity contribution < 1.29 is 28.6 Å². The number of unbranched alkanes of at least 4 members (excludes halogenated alkanes) is 29. The van der Waals surface area contributed by atoms with Gasteiger partial charge in [0.15, 0.2) is 6.10 Å². The molecule has 65 heavy (non-hydrogen) atoms. The first-order chi connectivity index (χ1) is 32.0. The maximum Gasteiger partial charge on any atom is 0.306 e. The van der Waals surface area contributed by atoms with Gasteiger partial charge in [0.05, 0.1) is 0 Å². The van der Waals surface area contributed by atoms with E-state index in [4.69, 9.17) is 14.2 Å². The summed E-state index contributed by atoms with van der Waals surface area (Å²) in [5, 5.41) is 0. The minimum atomic E-state index is -0.800. The quantitative estimate of drug-likeness (QED) is 0.0262. The molecule has 0 heterocycles. The monoisotopic (exact) mass is 909 g/mol. The lowest BCUT2D eigenvalue weighted by Crippen LogP contribution is -2.30. The lowest BCUT2D eigenvalue weighted by Gasteiger charge is -2.18. The van der Waals surface area contributed by atoms with Gasteiger partial charge in [-0.2, -0.15) is 0 Å². The number of carbonyl (C=O) groups excluding carboxylic acids is 3. The molecule has 0 radical (unpaired) electrons. The minimum absolute atomic E-state index is 0.0969. The van der Waals surface area contributed by atoms with Crippen LogP contribution in [0.4, 0.5) is 0 Å². The van der Waals surface area contributed by atoms with Crippen molar-refractivity contribution in [1.29, 1.82) is 0 Å². The van der Waals surface area contributed by atoms with E-state index in [0.717, 1.165) is 77.0 Å². The van der Waals surface area contributed by atoms with Crippen LogP contribution < -0.4 is 0 Å². The van der Waals surface area contributed by atoms with Gasteiger partial charge in [-0.05, 0) is 83.5 Å². The molecule has 0 rings (SSSR count). The highest BCUT2D eigenvalue weighted by molar-refractivity contribution is 5.71. The van der Waals surface area contributed by atoms with E-state index in [1.165, 1.54) is 154 Å². The second-order valence-electron chi connectivity index (χ2n) is 18.5. The number of esters is 3. The Hall–Kier alpha value is -2.89. The van der Waals surface area contributed by atoms with Crippen molar-refractivity contribution in [3.05, 3.63) is 60.8 Å². The second-order valence-corrected chi connectivity index (χ2v) is 18.5. The van der Waals surface area contributed by atoms with Crippen LogP contribution in [0.25, 0.3) is 0 Å². The van der Waals surface area contributed by atoms with Gasteiger partial charge in [-0.15, -0.1) is 0 Å². The number of rotatable bonds is 50. The molecule has 0 aliphatic heterocycles. The van der Waals surface area contributed by atoms with Crippen molar-refractivity contribution in [2.24, 2.45) is 0 Å². The van der Waals surface area contributed by atoms with Crippen LogP contribution in [-0.2, 0) is 28.6 Å². The van der Waals surface area contributed by atoms with Gasteiger partial charge in [-0.25, -0.2) is 0 Å². The molecule has 0 fully saturated rings. The fraction of sp³-hybridized carbons (Fsp3) is 0.780. The average molecular weight is 909 g/mol. The molecule has 0 aromatic rings. The summed E-state index contributed by atoms with van der Waals surface area (Å²) in [6, 6.07) is 0. The van der Waals surface area contributed by atoms with Gasteiger partial charge < -0.3 is 14.2 Å². The summed E-state index contributed by atoms with van der Waals surface area (Å²) in [6.07, 6.45) is 66.4. The zero-order valence-corrected chi connectivity index (χ0v) is 43.0. The minimum Gasteiger partial charge on any atom is -0.462 e. The summed E-state index contributed by atoms with van der Waals surface area (Å²) < 4.78 is 16.8. The average Bonchev–Trinajstić information content (AvgIpc) is 3.30. The van der Waals surface area contributed by atoms with E-state index in [2.05, 4.69) is 81.5 Å². The maximum absolute atomic E-state index is 12.8. The van der Waals surface area contributed by atoms with Gasteiger partial charge in [-0.3, -0.25) is 14.4 Å². The molecule has 0 bridgehead atoms. The highest BCUT2D eigenvalue weighted by atomic mass is 16.6. The first kappa shape index (κ1) is 62.1. The molecule has 0 amide bonds. The SMILES string of the molecule is CCCCC/C=C\C/C=C\C/C=C\C/C=C\CCCC(=O)OCC(COC(=O)CCCCC/C=C\CCCCCCCC)OC(=O)CCCCCCCCCCCCCCCCCCC. The first-order valence-electron chi connectivity index (χ1n) is 27.8. The normalized spacial score (nSPS) is 12.5. The first-order valence-corrected chi connectivity index (χ1v) is 27.8. The van der Waals surface area contributed by atoms with Crippen LogP contribution in [0.2, 0.25) is 0 Å². The number of hydrogen-bond acceptors (Lipinski definition) is 6. The Morgan fingerprint density at radius 2 is 0.569 bits per heavy atom. The Balaban J connectivity index is 4.45. The Kier molecular flexibility index (Phi) is 51.3. The summed E-state index contributed by atoms with van der Waals surface area (Å²) in [6.45, 7) is 6.56. The summed E-state index contributed by atoms with van der Waals surface area (Å²) in [7, 11) is 0. The predicted octanol–water partition coefficient (Wildman–Crippen LogP) is 18.4. The van der Waals surface area contributed by atoms with Crippen molar-refractivity contribution in [1.82, 2.24) is 0 Å². The van der Waals surface area contributed by atoms with Crippen LogP contribution in [0, 0.1) is 0 Å². The van der Waals surface area contributed by atoms with E-state index < -0.39 is 6.10 Å². The van der Waals surface area contributed by atoms with E-state index in [-0.39, 0.29) is 37.5 Å². The molecule has 0 aromatic heterocycles. The number of carbonyl (C=O) groups is 3. The molecule has 0 aliphatic carbocycles. The summed E-state index contributed by atoms with van der Waals surface area (Å²) in [5.41, 5.74) is 0. The molecule has 376 valence electrons. The van der Waals surface area contributed by atoms with Gasteiger partial charge in [0, 0.05) is 19.3 Å². The second kappa shape index (κ2) is 53.7. The van der Waals surface area contributed by atoms with Crippen LogP contribution in [-0.4, -0.2) is 37.2 Å². The van der Waals surface area contributed by atoms with Gasteiger partial charge >= 0.3 is 17.9 Å². The zero-order chi connectivity index (χ0) is 47.2. The van der Waals surface area contributed by atoms with Crippen molar-refractivity contribution >= 4 is 17.9 Å². The molecule has 1 atom stereocenters. The van der Waals surface area contributed by atoms with E-state index in [0.29, 0.717) is 19.3 Å². The number of ether oxygens (including phenoxy) is 3. The largest absolute Gasteiger partial charge is 0.462 e. The third-order valence-electron chi connectivity index (χ3n) is 12.0. The number of hydrogen-bond donors (Lipinski definition) is 0. The van der Waals surface area contributed by atoms with Crippen molar-refractivity contribution in [2.45, 2.75) is 284 Å². The molecule has 6 heteroatoms. The molecule has 0 aliphatic rings. The van der Waals surface area contributed by atoms with Crippen LogP contribution in [0.15, 0.2) is 60.8 Å². The van der Waals surface area contributed by atoms with E-state index >= 15 is 0 Å². The van der Waals surface area contributed by atoms with Crippen LogP contribution in [0.5, 0.6) is 0 Å². The maximum atomic E-state index is 12.8. The lowest BCUT2D eigenvalue weighted by molar-refractivity contribution is -0.167. The highest BCUT2D eigenvalue weighted by Gasteiger charge is 2.19. The molecule has 0 saturated carbocycles. The van der Waals surface area contributed by atoms with Gasteiger partial charge in [-0.1, -0.05) is 236 Å². The van der Waals surface area contributed by atoms with E-state index in [9.17, 15) is 14.4 Å². The summed E-state index contributed by atoms with van der Waals surface area (Å²) in [4.78, 5) is 38.0. The van der Waals surface area contributed by atoms with Gasteiger partial charge in [0.25, 0.3) is 0 Å². The Morgan fingerprint density at radius 3 is 0.985 bits per heavy atom. The highest BCUT2D eigenvalue weighted by Crippen LogP contribution is 2.16. The van der Waals surface area contributed by atoms with Crippen LogP contribution in [0.3, 0.4) is 0 Å². The van der Waals surface area contributed by atoms with E-state index in [1.54, 1.807) is 0 Å². The van der Waals surface area contributed by atoms with E-state index in [1.807, 2.05) is 0 Å². The van der Waals surface area contributed by atoms with Crippen molar-refractivity contribution in [3.63, 3.8) is 0 Å². The van der Waals surface area contributed by atoms with Gasteiger partial charge in [0.2, 0.25) is 0 Å². The Morgan fingerprint density at radius 1 is 0.308 bits per heavy atom. The molecule has 0 aromatic carbocycles. The smallest absolute Gasteiger partial charge is 0.306 e. The molecule has 0 saturated heterocycles. The molecule has 6 nitrogen and oxygen atoms in total. The molecular weight excluding hydrogens is 805 g/mol. The molecule has 0 spiro atoms. The standard InChI is InChI=1S/C59H104O6/c1-4-7-10-13-16-19-22-25-27-29-31-34-37-40-43-46-49-52-58(61)64-55-56(54-63-57(60)51-48-45-42-39-36-33-24-21-18-15-12-9-6-3)65-59(62)53-50-47-44-41-38-35-32-30-28-26-23-20-17-14-11-8-5-2/h16,19,25,27,31,33-34,36,40,43,56H,4-15,17-18,20-24,26,28-30,32,35,37-39,41-42,44-55H2,1-3H3/b19-16-,27-25-,34-31-,36-33-,43-40-. The summed E-state index contributed by atoms with van der Waals surface area (Å²) >= 11 is 0. The summed E-state index contributed by atoms with van der Waals surface area (Å²) in [5.74, 6) is -0.959. The Labute approximate surface area is 402 Å². The topological polar surface area (TPSA) is 78.9 Å². The van der Waals surface area contributed by atoms with Gasteiger partial charge in [0.1, 0.15) is 13.2 Å². The van der Waals surface area contributed by atoms with Crippen molar-refractivity contribution in [2.75, 3.05) is 13.2 Å². The molecule has 1 unspecified atom stereocenters. The fourth-order valence-corrected chi connectivity index (χ4v) is 7.78. The third kappa shape index (κ3) is 51.9. The lowest BCUT2D eigenvalue weighted by atomic mass is 10.0. The Bertz CT molecular complexity index is 1180. The molecule has 0 N–H and O–H groups in total. The molecular formula is C59H104O6. The van der Waals surface area contributed by atoms with Crippen LogP contribution >= 0.6 is 0 Å². The predicted molar refractivity (Wildman–Crippen MR) is 279 cm³/mol. The zero-order valence-electron chi connectivity index (χ0n) is 43.0. The van der Waals surface area contributed by atoms with Crippen molar-refractivity contribution in [3.8, 4) is 0 Å². The number of allylic oxidation sites excluding steroid dienone is 10. The third-order valence-corrected chi connectivity index (χ3v) is 12.0. The van der Waals surface area contributed by atoms with Crippen LogP contribution in [0.1, 0.15) is 278 Å².